The number of ether oxygens (including phenoxy) is 1. The number of carboxylic acid groups (broad SMARTS) is 1. The number of nitrogens with zero attached hydrogens (tertiary/aromatic N) is 2. The Balaban J connectivity index is 1.56. The lowest BCUT2D eigenvalue weighted by molar-refractivity contribution is 0.0698. The van der Waals surface area contributed by atoms with Gasteiger partial charge in [0.2, 0.25) is 0 Å². The van der Waals surface area contributed by atoms with Gasteiger partial charge in [-0.05, 0) is 49.6 Å². The maximum Gasteiger partial charge on any atom is 0.337 e. The summed E-state index contributed by atoms with van der Waals surface area (Å²) < 4.78 is 11.3. The number of hydrogen-bond donors (Lipinski definition) is 2. The van der Waals surface area contributed by atoms with Crippen LogP contribution in [0.15, 0.2) is 53.1 Å². The molecule has 1 heterocycles. The number of hydrogen-bond acceptors (Lipinski definition) is 6. The summed E-state index contributed by atoms with van der Waals surface area (Å²) >= 11 is 0. The highest BCUT2D eigenvalue weighted by molar-refractivity contribution is 6.07. The summed E-state index contributed by atoms with van der Waals surface area (Å²) in [5.41, 5.74) is 0.719. The van der Waals surface area contributed by atoms with Crippen molar-refractivity contribution in [1.82, 2.24) is 5.16 Å². The van der Waals surface area contributed by atoms with Crippen molar-refractivity contribution in [2.24, 2.45) is 0 Å². The number of anilines is 1. The molecule has 1 amide bonds. The second kappa shape index (κ2) is 8.09. The van der Waals surface area contributed by atoms with Gasteiger partial charge in [-0.15, -0.1) is 0 Å². The largest absolute Gasteiger partial charge is 0.490 e. The zero-order valence-electron chi connectivity index (χ0n) is 15.8. The molecule has 1 aliphatic carbocycles. The zero-order chi connectivity index (χ0) is 21.1. The van der Waals surface area contributed by atoms with E-state index in [9.17, 15) is 14.7 Å². The van der Waals surface area contributed by atoms with E-state index in [1.165, 1.54) is 24.3 Å². The first-order chi connectivity index (χ1) is 14.5. The summed E-state index contributed by atoms with van der Waals surface area (Å²) in [5, 5.41) is 24.6. The normalized spacial score (nSPS) is 13.2. The van der Waals surface area contributed by atoms with E-state index in [-0.39, 0.29) is 28.6 Å². The van der Waals surface area contributed by atoms with Gasteiger partial charge in [-0.1, -0.05) is 17.3 Å². The monoisotopic (exact) mass is 403 g/mol. The Kier molecular flexibility index (Phi) is 5.18. The fourth-order valence-electron chi connectivity index (χ4n) is 3.04. The van der Waals surface area contributed by atoms with Crippen molar-refractivity contribution in [2.75, 3.05) is 5.32 Å². The van der Waals surface area contributed by atoms with Crippen molar-refractivity contribution >= 4 is 17.6 Å². The number of aromatic nitrogens is 1. The number of benzene rings is 2. The van der Waals surface area contributed by atoms with Gasteiger partial charge in [0.15, 0.2) is 11.5 Å². The van der Waals surface area contributed by atoms with Gasteiger partial charge in [-0.25, -0.2) is 4.79 Å². The highest BCUT2D eigenvalue weighted by Crippen LogP contribution is 2.34. The molecule has 4 rings (SSSR count). The molecule has 1 saturated carbocycles. The average Bonchev–Trinajstić information content (AvgIpc) is 3.21. The predicted octanol–water partition coefficient (Wildman–Crippen LogP) is 4.10. The number of carbonyl (C=O) groups is 2. The number of nitrogens with one attached hydrogen (secondary N) is 1. The van der Waals surface area contributed by atoms with Crippen molar-refractivity contribution in [3.63, 3.8) is 0 Å². The second-order valence-electron chi connectivity index (χ2n) is 6.87. The van der Waals surface area contributed by atoms with Gasteiger partial charge in [-0.3, -0.25) is 4.79 Å². The van der Waals surface area contributed by atoms with E-state index < -0.39 is 11.9 Å². The first-order valence-corrected chi connectivity index (χ1v) is 9.36. The summed E-state index contributed by atoms with van der Waals surface area (Å²) in [7, 11) is 0. The van der Waals surface area contributed by atoms with Crippen LogP contribution in [0.3, 0.4) is 0 Å². The molecule has 0 unspecified atom stereocenters. The number of aromatic carboxylic acids is 1. The van der Waals surface area contributed by atoms with E-state index in [0.29, 0.717) is 17.1 Å². The first-order valence-electron chi connectivity index (χ1n) is 9.36. The number of carboxylic acids is 1. The molecule has 0 aliphatic heterocycles. The van der Waals surface area contributed by atoms with Crippen molar-refractivity contribution in [3.8, 4) is 23.1 Å². The van der Waals surface area contributed by atoms with Crippen LogP contribution < -0.4 is 10.1 Å². The molecule has 3 aromatic rings. The molecule has 0 bridgehead atoms. The molecule has 2 aromatic carbocycles. The molecule has 150 valence electrons. The maximum absolute atomic E-state index is 12.6. The van der Waals surface area contributed by atoms with Crippen LogP contribution >= 0.6 is 0 Å². The van der Waals surface area contributed by atoms with Gasteiger partial charge in [0.1, 0.15) is 5.75 Å². The summed E-state index contributed by atoms with van der Waals surface area (Å²) in [6.07, 6.45) is 3.35. The van der Waals surface area contributed by atoms with Gasteiger partial charge < -0.3 is 19.7 Å². The molecular weight excluding hydrogens is 386 g/mol. The van der Waals surface area contributed by atoms with Gasteiger partial charge in [0.25, 0.3) is 5.91 Å². The van der Waals surface area contributed by atoms with Gasteiger partial charge in [0.05, 0.1) is 34.6 Å². The number of carbonyl (C=O) groups excluding carboxylic acids is 1. The van der Waals surface area contributed by atoms with Crippen LogP contribution in [0.25, 0.3) is 11.3 Å². The Morgan fingerprint density at radius 1 is 1.20 bits per heavy atom. The fourth-order valence-corrected chi connectivity index (χ4v) is 3.04. The SMILES string of the molecule is N#Cc1ccc(NC(=O)c2cc(-c3ccccc3OC3CCC3)on2)c(C(=O)O)c1. The Labute approximate surface area is 171 Å². The Morgan fingerprint density at radius 3 is 2.70 bits per heavy atom. The Morgan fingerprint density at radius 2 is 2.00 bits per heavy atom. The van der Waals surface area contributed by atoms with Crippen molar-refractivity contribution in [3.05, 3.63) is 65.4 Å². The fraction of sp³-hybridized carbons (Fsp3) is 0.182. The van der Waals surface area contributed by atoms with E-state index in [1.54, 1.807) is 0 Å². The molecule has 0 atom stereocenters. The molecule has 1 aliphatic rings. The molecule has 2 N–H and O–H groups in total. The quantitative estimate of drug-likeness (QED) is 0.635. The maximum atomic E-state index is 12.6. The van der Waals surface area contributed by atoms with Crippen molar-refractivity contribution in [1.29, 1.82) is 5.26 Å². The topological polar surface area (TPSA) is 125 Å². The number of rotatable bonds is 6. The molecule has 8 heteroatoms. The number of nitriles is 1. The van der Waals surface area contributed by atoms with Crippen LogP contribution in [-0.4, -0.2) is 28.2 Å². The lowest BCUT2D eigenvalue weighted by Crippen LogP contribution is -2.24. The Hall–Kier alpha value is -4.12. The lowest BCUT2D eigenvalue weighted by atomic mass is 9.96. The second-order valence-corrected chi connectivity index (χ2v) is 6.87. The van der Waals surface area contributed by atoms with E-state index in [0.717, 1.165) is 19.3 Å². The third-order valence-corrected chi connectivity index (χ3v) is 4.87. The molecule has 30 heavy (non-hydrogen) atoms. The minimum Gasteiger partial charge on any atom is -0.490 e. The van der Waals surface area contributed by atoms with E-state index in [4.69, 9.17) is 14.5 Å². The molecule has 0 radical (unpaired) electrons. The predicted molar refractivity (Wildman–Crippen MR) is 106 cm³/mol. The molecule has 0 saturated heterocycles. The van der Waals surface area contributed by atoms with Gasteiger partial charge in [-0.2, -0.15) is 5.26 Å². The van der Waals surface area contributed by atoms with Crippen molar-refractivity contribution in [2.45, 2.75) is 25.4 Å². The molecule has 8 nitrogen and oxygen atoms in total. The molecular formula is C22H17N3O5. The van der Waals surface area contributed by atoms with Crippen LogP contribution in [0, 0.1) is 11.3 Å². The lowest BCUT2D eigenvalue weighted by Gasteiger charge is -2.27. The van der Waals surface area contributed by atoms with Crippen molar-refractivity contribution < 1.29 is 24.0 Å². The minimum absolute atomic E-state index is 0.0101. The summed E-state index contributed by atoms with van der Waals surface area (Å²) in [6.45, 7) is 0. The third kappa shape index (κ3) is 3.86. The van der Waals surface area contributed by atoms with Crippen LogP contribution in [0.1, 0.15) is 45.7 Å². The standard InChI is InChI=1S/C22H17N3O5/c23-12-13-8-9-17(16(10-13)22(27)28)24-21(26)18-11-20(30-25-18)15-6-1-2-7-19(15)29-14-4-3-5-14/h1-2,6-11,14H,3-5H2,(H,24,26)(H,27,28). The number of amides is 1. The van der Waals surface area contributed by atoms with E-state index in [2.05, 4.69) is 10.5 Å². The summed E-state index contributed by atoms with van der Waals surface area (Å²) in [5.74, 6) is -0.862. The Bertz CT molecular complexity index is 1160. The molecule has 1 fully saturated rings. The van der Waals surface area contributed by atoms with Crippen LogP contribution in [0.5, 0.6) is 5.75 Å². The number of para-hydroxylation sites is 1. The van der Waals surface area contributed by atoms with Crippen LogP contribution in [0.2, 0.25) is 0 Å². The van der Waals surface area contributed by atoms with E-state index in [1.807, 2.05) is 30.3 Å². The first kappa shape index (κ1) is 19.2. The van der Waals surface area contributed by atoms with E-state index >= 15 is 0 Å². The van der Waals surface area contributed by atoms with Crippen LogP contribution in [0.4, 0.5) is 5.69 Å². The summed E-state index contributed by atoms with van der Waals surface area (Å²) in [6, 6.07) is 14.7. The van der Waals surface area contributed by atoms with Gasteiger partial charge >= 0.3 is 5.97 Å². The highest BCUT2D eigenvalue weighted by atomic mass is 16.5. The third-order valence-electron chi connectivity index (χ3n) is 4.87. The molecule has 0 spiro atoms. The van der Waals surface area contributed by atoms with Gasteiger partial charge in [0, 0.05) is 6.07 Å². The summed E-state index contributed by atoms with van der Waals surface area (Å²) in [4.78, 5) is 24.0. The smallest absolute Gasteiger partial charge is 0.337 e. The minimum atomic E-state index is -1.26. The molecule has 1 aromatic heterocycles. The zero-order valence-corrected chi connectivity index (χ0v) is 15.8. The van der Waals surface area contributed by atoms with Crippen LogP contribution in [-0.2, 0) is 0 Å². The average molecular weight is 403 g/mol. The highest BCUT2D eigenvalue weighted by Gasteiger charge is 2.23.